The zero-order chi connectivity index (χ0) is 13.3. The van der Waals surface area contributed by atoms with Crippen LogP contribution >= 0.6 is 0 Å². The van der Waals surface area contributed by atoms with E-state index in [1.54, 1.807) is 0 Å². The van der Waals surface area contributed by atoms with Gasteiger partial charge < -0.3 is 9.47 Å². The first-order chi connectivity index (χ1) is 7.57. The highest BCUT2D eigenvalue weighted by Crippen LogP contribution is 2.36. The zero-order valence-corrected chi connectivity index (χ0v) is 12.7. The van der Waals surface area contributed by atoms with Crippen LogP contribution in [0, 0.1) is 11.8 Å². The number of ether oxygens (including phenoxy) is 2. The summed E-state index contributed by atoms with van der Waals surface area (Å²) in [5, 5.41) is 0. The fraction of sp³-hybridized carbons (Fsp3) is 1.00. The standard InChI is InChI=1S/C15H30O2/c1-11-8-12(10-16-14(2,3)4)13(9-11)17-15(5,6)7/h11-13H,8-10H2,1-7H3/t11?,12-,13?/m1/s1. The molecule has 2 nitrogen and oxygen atoms in total. The van der Waals surface area contributed by atoms with Gasteiger partial charge in [-0.3, -0.25) is 0 Å². The minimum absolute atomic E-state index is 0.0435. The molecule has 0 aromatic heterocycles. The van der Waals surface area contributed by atoms with Gasteiger partial charge in [0.25, 0.3) is 0 Å². The number of hydrogen-bond acceptors (Lipinski definition) is 2. The van der Waals surface area contributed by atoms with Crippen molar-refractivity contribution in [2.75, 3.05) is 6.61 Å². The van der Waals surface area contributed by atoms with Crippen LogP contribution in [-0.4, -0.2) is 23.9 Å². The third-order valence-electron chi connectivity index (χ3n) is 3.10. The van der Waals surface area contributed by atoms with Gasteiger partial charge in [-0.1, -0.05) is 6.92 Å². The highest BCUT2D eigenvalue weighted by molar-refractivity contribution is 4.84. The molecule has 1 rings (SSSR count). The lowest BCUT2D eigenvalue weighted by atomic mass is 10.0. The second kappa shape index (κ2) is 5.27. The van der Waals surface area contributed by atoms with E-state index in [2.05, 4.69) is 48.5 Å². The van der Waals surface area contributed by atoms with E-state index in [1.807, 2.05) is 0 Å². The smallest absolute Gasteiger partial charge is 0.0635 e. The molecule has 0 aromatic rings. The van der Waals surface area contributed by atoms with Gasteiger partial charge in [-0.15, -0.1) is 0 Å². The topological polar surface area (TPSA) is 18.5 Å². The molecule has 1 fully saturated rings. The second-order valence-corrected chi connectivity index (χ2v) is 7.53. The van der Waals surface area contributed by atoms with Crippen molar-refractivity contribution in [2.45, 2.75) is 78.6 Å². The van der Waals surface area contributed by atoms with Crippen molar-refractivity contribution in [2.24, 2.45) is 11.8 Å². The van der Waals surface area contributed by atoms with Crippen molar-refractivity contribution >= 4 is 0 Å². The maximum Gasteiger partial charge on any atom is 0.0635 e. The van der Waals surface area contributed by atoms with Crippen LogP contribution < -0.4 is 0 Å². The van der Waals surface area contributed by atoms with Crippen LogP contribution in [0.1, 0.15) is 61.3 Å². The zero-order valence-electron chi connectivity index (χ0n) is 12.7. The molecule has 0 aromatic carbocycles. The van der Waals surface area contributed by atoms with Gasteiger partial charge in [0.2, 0.25) is 0 Å². The fourth-order valence-corrected chi connectivity index (χ4v) is 2.48. The first kappa shape index (κ1) is 15.0. The molecule has 0 amide bonds. The quantitative estimate of drug-likeness (QED) is 0.744. The minimum atomic E-state index is -0.0469. The Labute approximate surface area is 107 Å². The summed E-state index contributed by atoms with van der Waals surface area (Å²) < 4.78 is 12.1. The molecule has 0 aliphatic heterocycles. The van der Waals surface area contributed by atoms with Crippen molar-refractivity contribution in [3.63, 3.8) is 0 Å². The average molecular weight is 242 g/mol. The molecule has 3 atom stereocenters. The normalized spacial score (nSPS) is 30.9. The van der Waals surface area contributed by atoms with Gasteiger partial charge in [0.1, 0.15) is 0 Å². The molecule has 17 heavy (non-hydrogen) atoms. The molecule has 0 N–H and O–H groups in total. The lowest BCUT2D eigenvalue weighted by molar-refractivity contribution is -0.103. The van der Waals surface area contributed by atoms with Crippen LogP contribution in [0.2, 0.25) is 0 Å². The van der Waals surface area contributed by atoms with Gasteiger partial charge in [-0.25, -0.2) is 0 Å². The molecule has 2 unspecified atom stereocenters. The van der Waals surface area contributed by atoms with Gasteiger partial charge in [-0.05, 0) is 60.3 Å². The van der Waals surface area contributed by atoms with Crippen molar-refractivity contribution in [3.05, 3.63) is 0 Å². The highest BCUT2D eigenvalue weighted by Gasteiger charge is 2.36. The maximum atomic E-state index is 6.17. The molecule has 1 aliphatic rings. The molecular weight excluding hydrogens is 212 g/mol. The van der Waals surface area contributed by atoms with E-state index >= 15 is 0 Å². The molecule has 0 saturated heterocycles. The summed E-state index contributed by atoms with van der Waals surface area (Å²) in [4.78, 5) is 0. The Morgan fingerprint density at radius 2 is 1.53 bits per heavy atom. The summed E-state index contributed by atoms with van der Waals surface area (Å²) in [7, 11) is 0. The fourth-order valence-electron chi connectivity index (χ4n) is 2.48. The van der Waals surface area contributed by atoms with E-state index in [4.69, 9.17) is 9.47 Å². The van der Waals surface area contributed by atoms with E-state index < -0.39 is 0 Å². The van der Waals surface area contributed by atoms with Gasteiger partial charge in [0.05, 0.1) is 23.9 Å². The van der Waals surface area contributed by atoms with Gasteiger partial charge in [0.15, 0.2) is 0 Å². The summed E-state index contributed by atoms with van der Waals surface area (Å²) in [6.07, 6.45) is 2.78. The van der Waals surface area contributed by atoms with E-state index in [-0.39, 0.29) is 11.2 Å². The molecule has 1 saturated carbocycles. The summed E-state index contributed by atoms with van der Waals surface area (Å²) in [5.41, 5.74) is -0.0905. The van der Waals surface area contributed by atoms with Crippen molar-refractivity contribution < 1.29 is 9.47 Å². The molecule has 0 bridgehead atoms. The van der Waals surface area contributed by atoms with Gasteiger partial charge >= 0.3 is 0 Å². The highest BCUT2D eigenvalue weighted by atomic mass is 16.5. The third-order valence-corrected chi connectivity index (χ3v) is 3.10. The molecule has 2 heteroatoms. The molecule has 0 radical (unpaired) electrons. The molecular formula is C15H30O2. The van der Waals surface area contributed by atoms with Gasteiger partial charge in [-0.2, -0.15) is 0 Å². The summed E-state index contributed by atoms with van der Waals surface area (Å²) in [6, 6.07) is 0. The molecule has 102 valence electrons. The third kappa shape index (κ3) is 5.87. The molecule has 1 aliphatic carbocycles. The SMILES string of the molecule is CC1CC(OC(C)(C)C)[C@@H](COC(C)(C)C)C1. The van der Waals surface area contributed by atoms with E-state index in [1.165, 1.54) is 12.8 Å². The van der Waals surface area contributed by atoms with E-state index in [0.29, 0.717) is 12.0 Å². The Bertz CT molecular complexity index is 234. The summed E-state index contributed by atoms with van der Waals surface area (Å²) >= 11 is 0. The Hall–Kier alpha value is -0.0800. The van der Waals surface area contributed by atoms with Crippen LogP contribution in [0.3, 0.4) is 0 Å². The lowest BCUT2D eigenvalue weighted by Crippen LogP contribution is -2.33. The Morgan fingerprint density at radius 1 is 0.941 bits per heavy atom. The van der Waals surface area contributed by atoms with Crippen LogP contribution in [0.15, 0.2) is 0 Å². The molecule has 0 heterocycles. The largest absolute Gasteiger partial charge is 0.375 e. The average Bonchev–Trinajstić information content (AvgIpc) is 2.38. The predicted octanol–water partition coefficient (Wildman–Crippen LogP) is 4.03. The van der Waals surface area contributed by atoms with Crippen LogP contribution in [0.25, 0.3) is 0 Å². The number of hydrogen-bond donors (Lipinski definition) is 0. The summed E-state index contributed by atoms with van der Waals surface area (Å²) in [6.45, 7) is 15.9. The Kier molecular flexibility index (Phi) is 4.65. The number of rotatable bonds is 3. The summed E-state index contributed by atoms with van der Waals surface area (Å²) in [5.74, 6) is 1.32. The van der Waals surface area contributed by atoms with E-state index in [9.17, 15) is 0 Å². The van der Waals surface area contributed by atoms with Crippen molar-refractivity contribution in [1.29, 1.82) is 0 Å². The Morgan fingerprint density at radius 3 is 2.00 bits per heavy atom. The lowest BCUT2D eigenvalue weighted by Gasteiger charge is -2.30. The monoisotopic (exact) mass is 242 g/mol. The van der Waals surface area contributed by atoms with Crippen molar-refractivity contribution in [1.82, 2.24) is 0 Å². The van der Waals surface area contributed by atoms with Crippen LogP contribution in [-0.2, 0) is 9.47 Å². The maximum absolute atomic E-state index is 6.17. The second-order valence-electron chi connectivity index (χ2n) is 7.53. The van der Waals surface area contributed by atoms with E-state index in [0.717, 1.165) is 12.5 Å². The minimum Gasteiger partial charge on any atom is -0.375 e. The first-order valence-corrected chi connectivity index (χ1v) is 6.88. The molecule has 0 spiro atoms. The van der Waals surface area contributed by atoms with Crippen LogP contribution in [0.5, 0.6) is 0 Å². The predicted molar refractivity (Wildman–Crippen MR) is 72.2 cm³/mol. The first-order valence-electron chi connectivity index (χ1n) is 6.88. The van der Waals surface area contributed by atoms with Gasteiger partial charge in [0, 0.05) is 5.92 Å². The van der Waals surface area contributed by atoms with Crippen LogP contribution in [0.4, 0.5) is 0 Å². The van der Waals surface area contributed by atoms with Crippen molar-refractivity contribution in [3.8, 4) is 0 Å². The Balaban J connectivity index is 2.51.